The molecule has 0 heterocycles. The second-order valence-corrected chi connectivity index (χ2v) is 4.96. The van der Waals surface area contributed by atoms with Gasteiger partial charge < -0.3 is 10.6 Å². The summed E-state index contributed by atoms with van der Waals surface area (Å²) in [5, 5.41) is 5.71. The zero-order valence-corrected chi connectivity index (χ0v) is 10.7. The predicted molar refractivity (Wildman–Crippen MR) is 69.5 cm³/mol. The van der Waals surface area contributed by atoms with Crippen molar-refractivity contribution in [2.45, 2.75) is 38.8 Å². The van der Waals surface area contributed by atoms with E-state index >= 15 is 0 Å². The van der Waals surface area contributed by atoms with Crippen molar-refractivity contribution < 1.29 is 9.59 Å². The molecule has 0 radical (unpaired) electrons. The highest BCUT2D eigenvalue weighted by Crippen LogP contribution is 2.19. The van der Waals surface area contributed by atoms with Gasteiger partial charge in [-0.15, -0.1) is 0 Å². The van der Waals surface area contributed by atoms with Gasteiger partial charge in [0.05, 0.1) is 0 Å². The Morgan fingerprint density at radius 3 is 2.33 bits per heavy atom. The Labute approximate surface area is 107 Å². The molecule has 0 saturated heterocycles. The molecule has 2 N–H and O–H groups in total. The number of carbonyl (C=O) groups excluding carboxylic acids is 2. The van der Waals surface area contributed by atoms with Crippen LogP contribution in [0.4, 0.5) is 0 Å². The molecule has 1 aliphatic carbocycles. The smallest absolute Gasteiger partial charge is 0.251 e. The van der Waals surface area contributed by atoms with Crippen molar-refractivity contribution in [3.63, 3.8) is 0 Å². The Kier molecular flexibility index (Phi) is 3.65. The van der Waals surface area contributed by atoms with E-state index in [1.807, 2.05) is 13.8 Å². The van der Waals surface area contributed by atoms with Gasteiger partial charge in [-0.2, -0.15) is 0 Å². The molecule has 0 spiro atoms. The summed E-state index contributed by atoms with van der Waals surface area (Å²) in [5.41, 5.74) is 1.06. The predicted octanol–water partition coefficient (Wildman–Crippen LogP) is 1.72. The van der Waals surface area contributed by atoms with Crippen LogP contribution in [0.5, 0.6) is 0 Å². The molecule has 18 heavy (non-hydrogen) atoms. The van der Waals surface area contributed by atoms with Crippen LogP contribution in [0.1, 0.15) is 47.4 Å². The van der Waals surface area contributed by atoms with Gasteiger partial charge in [0, 0.05) is 23.2 Å². The standard InChI is InChI=1S/C14H18N2O2/c1-9(2)15-13(17)10-4-3-5-11(8-10)14(18)16-12-6-7-12/h3-5,8-9,12H,6-7H2,1-2H3,(H,15,17)(H,16,18). The normalized spacial score (nSPS) is 14.4. The molecule has 1 aromatic carbocycles. The number of carbonyl (C=O) groups is 2. The van der Waals surface area contributed by atoms with E-state index in [0.717, 1.165) is 12.8 Å². The van der Waals surface area contributed by atoms with E-state index in [1.54, 1.807) is 24.3 Å². The molecule has 1 fully saturated rings. The summed E-state index contributed by atoms with van der Waals surface area (Å²) >= 11 is 0. The highest BCUT2D eigenvalue weighted by molar-refractivity contribution is 5.99. The second kappa shape index (κ2) is 5.21. The number of hydrogen-bond acceptors (Lipinski definition) is 2. The lowest BCUT2D eigenvalue weighted by Crippen LogP contribution is -2.30. The Morgan fingerprint density at radius 2 is 1.78 bits per heavy atom. The van der Waals surface area contributed by atoms with Crippen LogP contribution in [-0.4, -0.2) is 23.9 Å². The lowest BCUT2D eigenvalue weighted by Gasteiger charge is -2.09. The third kappa shape index (κ3) is 3.32. The third-order valence-corrected chi connectivity index (χ3v) is 2.72. The number of rotatable bonds is 4. The first-order valence-corrected chi connectivity index (χ1v) is 6.28. The molecule has 1 aromatic rings. The average Bonchev–Trinajstić information content (AvgIpc) is 3.12. The summed E-state index contributed by atoms with van der Waals surface area (Å²) in [5.74, 6) is -0.247. The Bertz CT molecular complexity index is 433. The fraction of sp³-hybridized carbons (Fsp3) is 0.429. The molecule has 1 saturated carbocycles. The maximum absolute atomic E-state index is 11.8. The summed E-state index contributed by atoms with van der Waals surface area (Å²) in [6.07, 6.45) is 2.11. The molecule has 4 heteroatoms. The van der Waals surface area contributed by atoms with Gasteiger partial charge in [0.2, 0.25) is 0 Å². The molecule has 0 aromatic heterocycles. The fourth-order valence-electron chi connectivity index (χ4n) is 1.64. The van der Waals surface area contributed by atoms with E-state index in [-0.39, 0.29) is 17.9 Å². The van der Waals surface area contributed by atoms with Gasteiger partial charge in [0.25, 0.3) is 11.8 Å². The quantitative estimate of drug-likeness (QED) is 0.849. The summed E-state index contributed by atoms with van der Waals surface area (Å²) in [7, 11) is 0. The van der Waals surface area contributed by atoms with Gasteiger partial charge in [-0.3, -0.25) is 9.59 Å². The molecule has 96 valence electrons. The minimum absolute atomic E-state index is 0.0847. The number of benzene rings is 1. The van der Waals surface area contributed by atoms with Crippen molar-refractivity contribution in [1.29, 1.82) is 0 Å². The third-order valence-electron chi connectivity index (χ3n) is 2.72. The van der Waals surface area contributed by atoms with Crippen molar-refractivity contribution in [2.75, 3.05) is 0 Å². The first-order chi connectivity index (χ1) is 8.56. The lowest BCUT2D eigenvalue weighted by molar-refractivity contribution is 0.0943. The van der Waals surface area contributed by atoms with Crippen molar-refractivity contribution in [2.24, 2.45) is 0 Å². The van der Waals surface area contributed by atoms with Gasteiger partial charge >= 0.3 is 0 Å². The summed E-state index contributed by atoms with van der Waals surface area (Å²) in [4.78, 5) is 23.7. The lowest BCUT2D eigenvalue weighted by atomic mass is 10.1. The Morgan fingerprint density at radius 1 is 1.17 bits per heavy atom. The van der Waals surface area contributed by atoms with Crippen LogP contribution in [0.2, 0.25) is 0 Å². The van der Waals surface area contributed by atoms with Crippen LogP contribution in [0.25, 0.3) is 0 Å². The van der Waals surface area contributed by atoms with E-state index in [1.165, 1.54) is 0 Å². The first-order valence-electron chi connectivity index (χ1n) is 6.28. The van der Waals surface area contributed by atoms with E-state index in [0.29, 0.717) is 17.2 Å². The molecule has 0 aliphatic heterocycles. The number of amides is 2. The zero-order chi connectivity index (χ0) is 13.1. The minimum Gasteiger partial charge on any atom is -0.350 e. The number of hydrogen-bond donors (Lipinski definition) is 2. The van der Waals surface area contributed by atoms with E-state index in [9.17, 15) is 9.59 Å². The largest absolute Gasteiger partial charge is 0.350 e. The minimum atomic E-state index is -0.147. The Hall–Kier alpha value is -1.84. The van der Waals surface area contributed by atoms with E-state index in [2.05, 4.69) is 10.6 Å². The average molecular weight is 246 g/mol. The molecular formula is C14H18N2O2. The Balaban J connectivity index is 2.08. The maximum Gasteiger partial charge on any atom is 0.251 e. The maximum atomic E-state index is 11.8. The van der Waals surface area contributed by atoms with Crippen LogP contribution >= 0.6 is 0 Å². The molecular weight excluding hydrogens is 228 g/mol. The molecule has 0 unspecified atom stereocenters. The summed E-state index contributed by atoms with van der Waals surface area (Å²) < 4.78 is 0. The molecule has 4 nitrogen and oxygen atoms in total. The van der Waals surface area contributed by atoms with Crippen LogP contribution < -0.4 is 10.6 Å². The molecule has 1 aliphatic rings. The molecule has 0 bridgehead atoms. The van der Waals surface area contributed by atoms with Gasteiger partial charge in [0.1, 0.15) is 0 Å². The molecule has 2 amide bonds. The highest BCUT2D eigenvalue weighted by Gasteiger charge is 2.24. The summed E-state index contributed by atoms with van der Waals surface area (Å²) in [6.45, 7) is 3.81. The van der Waals surface area contributed by atoms with Gasteiger partial charge in [-0.25, -0.2) is 0 Å². The summed E-state index contributed by atoms with van der Waals surface area (Å²) in [6, 6.07) is 7.22. The van der Waals surface area contributed by atoms with Crippen molar-refractivity contribution in [1.82, 2.24) is 10.6 Å². The van der Waals surface area contributed by atoms with Crippen LogP contribution in [0.15, 0.2) is 24.3 Å². The highest BCUT2D eigenvalue weighted by atomic mass is 16.2. The number of nitrogens with one attached hydrogen (secondary N) is 2. The first kappa shape index (κ1) is 12.6. The van der Waals surface area contributed by atoms with Crippen molar-refractivity contribution >= 4 is 11.8 Å². The van der Waals surface area contributed by atoms with Gasteiger partial charge in [-0.05, 0) is 44.9 Å². The molecule has 0 atom stereocenters. The van der Waals surface area contributed by atoms with Crippen molar-refractivity contribution in [3.05, 3.63) is 35.4 Å². The monoisotopic (exact) mass is 246 g/mol. The van der Waals surface area contributed by atoms with Crippen LogP contribution in [0.3, 0.4) is 0 Å². The SMILES string of the molecule is CC(C)NC(=O)c1cccc(C(=O)NC2CC2)c1. The zero-order valence-electron chi connectivity index (χ0n) is 10.7. The second-order valence-electron chi connectivity index (χ2n) is 4.96. The molecule has 2 rings (SSSR count). The fourth-order valence-corrected chi connectivity index (χ4v) is 1.64. The van der Waals surface area contributed by atoms with Crippen LogP contribution in [-0.2, 0) is 0 Å². The topological polar surface area (TPSA) is 58.2 Å². The van der Waals surface area contributed by atoms with Gasteiger partial charge in [-0.1, -0.05) is 6.07 Å². The van der Waals surface area contributed by atoms with Crippen LogP contribution in [0, 0.1) is 0 Å². The van der Waals surface area contributed by atoms with E-state index < -0.39 is 0 Å². The van der Waals surface area contributed by atoms with Gasteiger partial charge in [0.15, 0.2) is 0 Å². The van der Waals surface area contributed by atoms with E-state index in [4.69, 9.17) is 0 Å². The van der Waals surface area contributed by atoms with Crippen molar-refractivity contribution in [3.8, 4) is 0 Å².